The van der Waals surface area contributed by atoms with Gasteiger partial charge in [-0.25, -0.2) is 9.37 Å². The average Bonchev–Trinajstić information content (AvgIpc) is 3.11. The lowest BCUT2D eigenvalue weighted by Gasteiger charge is -2.36. The lowest BCUT2D eigenvalue weighted by Crippen LogP contribution is -2.44. The van der Waals surface area contributed by atoms with Gasteiger partial charge in [-0.2, -0.15) is 0 Å². The number of benzene rings is 1. The van der Waals surface area contributed by atoms with Crippen LogP contribution >= 0.6 is 0 Å². The van der Waals surface area contributed by atoms with Crippen LogP contribution in [0.1, 0.15) is 45.0 Å². The number of hydrogen-bond acceptors (Lipinski definition) is 3. The Morgan fingerprint density at radius 2 is 2.32 bits per heavy atom. The number of carbonyl (C=O) groups is 1. The number of likely N-dealkylation sites (tertiary alicyclic amines) is 1. The van der Waals surface area contributed by atoms with Crippen LogP contribution in [0, 0.1) is 5.82 Å². The normalized spacial score (nSPS) is 19.0. The molecule has 1 aliphatic rings. The molecule has 1 fully saturated rings. The zero-order chi connectivity index (χ0) is 17.8. The number of nitrogens with one attached hydrogen (secondary N) is 1. The van der Waals surface area contributed by atoms with E-state index in [1.165, 1.54) is 12.1 Å². The van der Waals surface area contributed by atoms with Crippen LogP contribution in [-0.4, -0.2) is 40.0 Å². The molecule has 1 saturated heterocycles. The Balaban J connectivity index is 1.82. The quantitative estimate of drug-likeness (QED) is 0.899. The van der Waals surface area contributed by atoms with E-state index in [1.807, 2.05) is 17.9 Å². The molecule has 134 valence electrons. The van der Waals surface area contributed by atoms with Crippen molar-refractivity contribution in [2.75, 3.05) is 13.2 Å². The van der Waals surface area contributed by atoms with Crippen molar-refractivity contribution in [2.24, 2.45) is 0 Å². The predicted molar refractivity (Wildman–Crippen MR) is 93.4 cm³/mol. The Hall–Kier alpha value is -2.21. The summed E-state index contributed by atoms with van der Waals surface area (Å²) in [5.74, 6) is 0.458. The summed E-state index contributed by atoms with van der Waals surface area (Å²) >= 11 is 0. The third-order valence-corrected chi connectivity index (χ3v) is 4.60. The zero-order valence-corrected chi connectivity index (χ0v) is 14.7. The van der Waals surface area contributed by atoms with Gasteiger partial charge in [-0.3, -0.25) is 4.79 Å². The molecule has 0 spiro atoms. The number of halogens is 1. The highest BCUT2D eigenvalue weighted by Crippen LogP contribution is 2.31. The second kappa shape index (κ2) is 7.78. The number of amides is 1. The maximum Gasteiger partial charge on any atom is 0.252 e. The fourth-order valence-electron chi connectivity index (χ4n) is 3.34. The number of imidazole rings is 1. The van der Waals surface area contributed by atoms with Gasteiger partial charge in [0.2, 0.25) is 0 Å². The Morgan fingerprint density at radius 1 is 1.48 bits per heavy atom. The van der Waals surface area contributed by atoms with E-state index >= 15 is 0 Å². The third-order valence-electron chi connectivity index (χ3n) is 4.60. The largest absolute Gasteiger partial charge is 0.369 e. The van der Waals surface area contributed by atoms with Gasteiger partial charge in [-0.1, -0.05) is 12.1 Å². The van der Waals surface area contributed by atoms with Gasteiger partial charge in [-0.05, 0) is 45.2 Å². The van der Waals surface area contributed by atoms with E-state index in [4.69, 9.17) is 4.74 Å². The molecule has 0 aliphatic carbocycles. The molecule has 1 amide bonds. The minimum absolute atomic E-state index is 0.00439. The summed E-state index contributed by atoms with van der Waals surface area (Å²) in [6, 6.07) is 6.30. The number of rotatable bonds is 5. The molecular weight excluding hydrogens is 321 g/mol. The first-order valence-corrected chi connectivity index (χ1v) is 8.83. The number of nitrogens with zero attached hydrogens (tertiary/aromatic N) is 2. The van der Waals surface area contributed by atoms with Gasteiger partial charge < -0.3 is 14.6 Å². The van der Waals surface area contributed by atoms with Crippen LogP contribution in [0.15, 0.2) is 30.5 Å². The van der Waals surface area contributed by atoms with Crippen LogP contribution < -0.4 is 0 Å². The molecule has 2 aromatic rings. The highest BCUT2D eigenvalue weighted by Gasteiger charge is 2.32. The van der Waals surface area contributed by atoms with Gasteiger partial charge in [0.15, 0.2) is 0 Å². The molecule has 0 saturated carbocycles. The molecule has 1 aliphatic heterocycles. The highest BCUT2D eigenvalue weighted by molar-refractivity contribution is 5.81. The van der Waals surface area contributed by atoms with Crippen LogP contribution in [0.25, 0.3) is 11.3 Å². The summed E-state index contributed by atoms with van der Waals surface area (Å²) in [5, 5.41) is 0. The number of piperidine rings is 1. The smallest absolute Gasteiger partial charge is 0.252 e. The third kappa shape index (κ3) is 3.90. The van der Waals surface area contributed by atoms with Gasteiger partial charge >= 0.3 is 0 Å². The van der Waals surface area contributed by atoms with Gasteiger partial charge in [0, 0.05) is 18.7 Å². The summed E-state index contributed by atoms with van der Waals surface area (Å²) < 4.78 is 18.9. The summed E-state index contributed by atoms with van der Waals surface area (Å²) in [4.78, 5) is 22.3. The van der Waals surface area contributed by atoms with Crippen molar-refractivity contribution in [3.05, 3.63) is 42.1 Å². The Labute approximate surface area is 147 Å². The first-order valence-electron chi connectivity index (χ1n) is 8.83. The average molecular weight is 345 g/mol. The van der Waals surface area contributed by atoms with Gasteiger partial charge in [0.05, 0.1) is 17.9 Å². The van der Waals surface area contributed by atoms with Crippen molar-refractivity contribution in [2.45, 2.75) is 45.3 Å². The molecule has 0 unspecified atom stereocenters. The van der Waals surface area contributed by atoms with E-state index in [0.717, 1.165) is 36.3 Å². The fraction of sp³-hybridized carbons (Fsp3) is 0.474. The SMILES string of the molecule is CCO[C@H](C)C(=O)N1CCCC[C@@H]1c1ncc(-c2cccc(F)c2)[nH]1. The lowest BCUT2D eigenvalue weighted by atomic mass is 10.0. The molecule has 0 radical (unpaired) electrons. The number of aromatic nitrogens is 2. The molecule has 1 N–H and O–H groups in total. The van der Waals surface area contributed by atoms with Crippen LogP contribution in [0.4, 0.5) is 4.39 Å². The number of H-pyrrole nitrogens is 1. The van der Waals surface area contributed by atoms with E-state index in [9.17, 15) is 9.18 Å². The summed E-state index contributed by atoms with van der Waals surface area (Å²) in [7, 11) is 0. The van der Waals surface area contributed by atoms with Crippen molar-refractivity contribution < 1.29 is 13.9 Å². The molecule has 2 heterocycles. The summed E-state index contributed by atoms with van der Waals surface area (Å²) in [5.41, 5.74) is 1.50. The minimum atomic E-state index is -0.455. The first-order chi connectivity index (χ1) is 12.1. The van der Waals surface area contributed by atoms with E-state index in [0.29, 0.717) is 13.2 Å². The van der Waals surface area contributed by atoms with E-state index in [-0.39, 0.29) is 17.8 Å². The highest BCUT2D eigenvalue weighted by atomic mass is 19.1. The van der Waals surface area contributed by atoms with Crippen molar-refractivity contribution >= 4 is 5.91 Å². The second-order valence-electron chi connectivity index (χ2n) is 6.33. The van der Waals surface area contributed by atoms with Crippen molar-refractivity contribution in [3.8, 4) is 11.3 Å². The fourth-order valence-corrected chi connectivity index (χ4v) is 3.34. The van der Waals surface area contributed by atoms with Crippen molar-refractivity contribution in [3.63, 3.8) is 0 Å². The number of carbonyl (C=O) groups excluding carboxylic acids is 1. The molecule has 25 heavy (non-hydrogen) atoms. The van der Waals surface area contributed by atoms with Gasteiger partial charge in [0.1, 0.15) is 17.7 Å². The van der Waals surface area contributed by atoms with E-state index in [1.54, 1.807) is 19.2 Å². The maximum absolute atomic E-state index is 13.4. The first kappa shape index (κ1) is 17.6. The Morgan fingerprint density at radius 3 is 3.08 bits per heavy atom. The molecule has 2 atom stereocenters. The van der Waals surface area contributed by atoms with Crippen LogP contribution in [0.5, 0.6) is 0 Å². The minimum Gasteiger partial charge on any atom is -0.369 e. The van der Waals surface area contributed by atoms with Crippen LogP contribution in [0.3, 0.4) is 0 Å². The topological polar surface area (TPSA) is 58.2 Å². The predicted octanol–water partition coefficient (Wildman–Crippen LogP) is 3.69. The zero-order valence-electron chi connectivity index (χ0n) is 14.7. The Bertz CT molecular complexity index is 731. The van der Waals surface area contributed by atoms with E-state index in [2.05, 4.69) is 9.97 Å². The van der Waals surface area contributed by atoms with E-state index < -0.39 is 6.10 Å². The molecule has 6 heteroatoms. The maximum atomic E-state index is 13.4. The monoisotopic (exact) mass is 345 g/mol. The van der Waals surface area contributed by atoms with Crippen LogP contribution in [-0.2, 0) is 9.53 Å². The number of hydrogen-bond donors (Lipinski definition) is 1. The second-order valence-corrected chi connectivity index (χ2v) is 6.33. The molecule has 0 bridgehead atoms. The van der Waals surface area contributed by atoms with Crippen LogP contribution in [0.2, 0.25) is 0 Å². The number of ether oxygens (including phenoxy) is 1. The number of aromatic amines is 1. The Kier molecular flexibility index (Phi) is 5.48. The van der Waals surface area contributed by atoms with Gasteiger partial charge in [0.25, 0.3) is 5.91 Å². The lowest BCUT2D eigenvalue weighted by molar-refractivity contribution is -0.146. The van der Waals surface area contributed by atoms with Crippen molar-refractivity contribution in [1.82, 2.24) is 14.9 Å². The molecule has 5 nitrogen and oxygen atoms in total. The molecular formula is C19H24FN3O2. The van der Waals surface area contributed by atoms with Crippen molar-refractivity contribution in [1.29, 1.82) is 0 Å². The molecule has 1 aromatic carbocycles. The summed E-state index contributed by atoms with van der Waals surface area (Å²) in [6.45, 7) is 4.89. The van der Waals surface area contributed by atoms with Gasteiger partial charge in [-0.15, -0.1) is 0 Å². The standard InChI is InChI=1S/C19H24FN3O2/c1-3-25-13(2)19(24)23-10-5-4-9-17(23)18-21-12-16(22-18)14-7-6-8-15(20)11-14/h6-8,11-13,17H,3-5,9-10H2,1-2H3,(H,21,22)/t13-,17-/m1/s1. The molecule has 3 rings (SSSR count). The molecule has 1 aromatic heterocycles. The summed E-state index contributed by atoms with van der Waals surface area (Å²) in [6.07, 6.45) is 4.14.